The van der Waals surface area contributed by atoms with Gasteiger partial charge in [0, 0.05) is 12.1 Å². The van der Waals surface area contributed by atoms with Crippen molar-refractivity contribution in [3.63, 3.8) is 0 Å². The van der Waals surface area contributed by atoms with Crippen LogP contribution >= 0.6 is 0 Å². The third-order valence-corrected chi connectivity index (χ3v) is 3.85. The maximum atomic E-state index is 12.0. The van der Waals surface area contributed by atoms with E-state index in [9.17, 15) is 13.6 Å². The first-order chi connectivity index (χ1) is 10.1. The summed E-state index contributed by atoms with van der Waals surface area (Å²) in [5, 5.41) is 6.21. The second-order valence-corrected chi connectivity index (χ2v) is 5.34. The van der Waals surface area contributed by atoms with Crippen LogP contribution in [0.2, 0.25) is 0 Å². The number of ether oxygens (including phenoxy) is 1. The zero-order chi connectivity index (χ0) is 15.2. The number of benzene rings is 1. The number of alkyl halides is 2. The largest absolute Gasteiger partial charge is 0.435 e. The summed E-state index contributed by atoms with van der Waals surface area (Å²) in [6.07, 6.45) is 1.11. The minimum absolute atomic E-state index is 0.0478. The lowest BCUT2D eigenvalue weighted by molar-refractivity contribution is -0.0498. The summed E-state index contributed by atoms with van der Waals surface area (Å²) in [5.74, 6) is 0.848. The Hall–Kier alpha value is -1.69. The van der Waals surface area contributed by atoms with Gasteiger partial charge in [0.1, 0.15) is 5.75 Å². The van der Waals surface area contributed by atoms with Crippen LogP contribution in [0.5, 0.6) is 5.75 Å². The van der Waals surface area contributed by atoms with Crippen LogP contribution in [0.25, 0.3) is 0 Å². The maximum Gasteiger partial charge on any atom is 0.387 e. The SMILES string of the molecule is CC1CCNCC1CNC(=O)c1ccc(OC(F)F)cc1. The highest BCUT2D eigenvalue weighted by Crippen LogP contribution is 2.18. The highest BCUT2D eigenvalue weighted by Gasteiger charge is 2.21. The molecule has 1 amide bonds. The lowest BCUT2D eigenvalue weighted by Gasteiger charge is -2.29. The molecule has 0 radical (unpaired) electrons. The van der Waals surface area contributed by atoms with Gasteiger partial charge < -0.3 is 15.4 Å². The van der Waals surface area contributed by atoms with Crippen molar-refractivity contribution >= 4 is 5.91 Å². The van der Waals surface area contributed by atoms with Gasteiger partial charge in [-0.15, -0.1) is 0 Å². The molecule has 0 aliphatic carbocycles. The van der Waals surface area contributed by atoms with E-state index in [1.54, 1.807) is 0 Å². The number of carbonyl (C=O) groups is 1. The van der Waals surface area contributed by atoms with Crippen LogP contribution in [0.1, 0.15) is 23.7 Å². The van der Waals surface area contributed by atoms with E-state index in [1.807, 2.05) is 0 Å². The van der Waals surface area contributed by atoms with Gasteiger partial charge in [-0.2, -0.15) is 8.78 Å². The van der Waals surface area contributed by atoms with Crippen molar-refractivity contribution in [3.8, 4) is 5.75 Å². The molecule has 21 heavy (non-hydrogen) atoms. The number of halogens is 2. The monoisotopic (exact) mass is 298 g/mol. The molecule has 6 heteroatoms. The zero-order valence-corrected chi connectivity index (χ0v) is 11.9. The second kappa shape index (κ2) is 7.36. The molecular formula is C15H20F2N2O2. The average molecular weight is 298 g/mol. The molecule has 2 rings (SSSR count). The number of nitrogens with one attached hydrogen (secondary N) is 2. The van der Waals surface area contributed by atoms with E-state index in [4.69, 9.17) is 0 Å². The Kier molecular flexibility index (Phi) is 5.50. The van der Waals surface area contributed by atoms with Gasteiger partial charge in [-0.1, -0.05) is 6.92 Å². The van der Waals surface area contributed by atoms with Crippen molar-refractivity contribution in [1.82, 2.24) is 10.6 Å². The molecule has 116 valence electrons. The van der Waals surface area contributed by atoms with Crippen LogP contribution in [-0.2, 0) is 0 Å². The Labute approximate surface area is 122 Å². The summed E-state index contributed by atoms with van der Waals surface area (Å²) < 4.78 is 28.3. The lowest BCUT2D eigenvalue weighted by atomic mass is 9.88. The lowest BCUT2D eigenvalue weighted by Crippen LogP contribution is -2.42. The highest BCUT2D eigenvalue weighted by atomic mass is 19.3. The number of piperidine rings is 1. The number of carbonyl (C=O) groups excluding carboxylic acids is 1. The normalized spacial score (nSPS) is 22.1. The summed E-state index contributed by atoms with van der Waals surface area (Å²) in [6.45, 7) is 1.88. The fraction of sp³-hybridized carbons (Fsp3) is 0.533. The molecule has 1 aromatic rings. The Morgan fingerprint density at radius 3 is 2.76 bits per heavy atom. The van der Waals surface area contributed by atoms with E-state index in [-0.39, 0.29) is 11.7 Å². The van der Waals surface area contributed by atoms with Crippen molar-refractivity contribution < 1.29 is 18.3 Å². The molecule has 1 saturated heterocycles. The molecule has 1 fully saturated rings. The first kappa shape index (κ1) is 15.7. The Morgan fingerprint density at radius 1 is 1.43 bits per heavy atom. The zero-order valence-electron chi connectivity index (χ0n) is 11.9. The molecule has 2 unspecified atom stereocenters. The van der Waals surface area contributed by atoms with Gasteiger partial charge in [0.15, 0.2) is 0 Å². The van der Waals surface area contributed by atoms with E-state index in [1.165, 1.54) is 24.3 Å². The predicted molar refractivity (Wildman–Crippen MR) is 75.5 cm³/mol. The van der Waals surface area contributed by atoms with E-state index in [2.05, 4.69) is 22.3 Å². The third-order valence-electron chi connectivity index (χ3n) is 3.85. The van der Waals surface area contributed by atoms with Gasteiger partial charge in [0.25, 0.3) is 5.91 Å². The van der Waals surface area contributed by atoms with Crippen molar-refractivity contribution in [2.45, 2.75) is 20.0 Å². The van der Waals surface area contributed by atoms with Crippen molar-refractivity contribution in [3.05, 3.63) is 29.8 Å². The fourth-order valence-corrected chi connectivity index (χ4v) is 2.44. The van der Waals surface area contributed by atoms with Gasteiger partial charge >= 0.3 is 6.61 Å². The predicted octanol–water partition coefficient (Wildman–Crippen LogP) is 2.26. The highest BCUT2D eigenvalue weighted by molar-refractivity contribution is 5.94. The first-order valence-electron chi connectivity index (χ1n) is 7.10. The van der Waals surface area contributed by atoms with Crippen LogP contribution in [0.15, 0.2) is 24.3 Å². The summed E-state index contributed by atoms with van der Waals surface area (Å²) in [5.41, 5.74) is 0.438. The molecule has 0 saturated carbocycles. The summed E-state index contributed by atoms with van der Waals surface area (Å²) in [7, 11) is 0. The molecule has 0 spiro atoms. The average Bonchev–Trinajstić information content (AvgIpc) is 2.46. The molecule has 4 nitrogen and oxygen atoms in total. The molecular weight excluding hydrogens is 278 g/mol. The molecule has 1 aliphatic heterocycles. The molecule has 2 atom stereocenters. The maximum absolute atomic E-state index is 12.0. The molecule has 0 bridgehead atoms. The minimum Gasteiger partial charge on any atom is -0.435 e. The van der Waals surface area contributed by atoms with Gasteiger partial charge in [-0.25, -0.2) is 0 Å². The Morgan fingerprint density at radius 2 is 2.14 bits per heavy atom. The Bertz CT molecular complexity index is 465. The smallest absolute Gasteiger partial charge is 0.387 e. The van der Waals surface area contributed by atoms with Crippen LogP contribution in [0, 0.1) is 11.8 Å². The number of hydrogen-bond donors (Lipinski definition) is 2. The molecule has 2 N–H and O–H groups in total. The van der Waals surface area contributed by atoms with E-state index in [0.717, 1.165) is 19.5 Å². The van der Waals surface area contributed by atoms with Crippen molar-refractivity contribution in [2.75, 3.05) is 19.6 Å². The number of hydrogen-bond acceptors (Lipinski definition) is 3. The van der Waals surface area contributed by atoms with E-state index >= 15 is 0 Å². The molecule has 1 aromatic carbocycles. The van der Waals surface area contributed by atoms with Crippen LogP contribution < -0.4 is 15.4 Å². The fourth-order valence-electron chi connectivity index (χ4n) is 2.44. The van der Waals surface area contributed by atoms with Gasteiger partial charge in [0.2, 0.25) is 0 Å². The summed E-state index contributed by atoms with van der Waals surface area (Å²) in [4.78, 5) is 12.0. The molecule has 0 aromatic heterocycles. The van der Waals surface area contributed by atoms with Crippen LogP contribution in [-0.4, -0.2) is 32.2 Å². The van der Waals surface area contributed by atoms with Gasteiger partial charge in [0.05, 0.1) is 0 Å². The number of rotatable bonds is 5. The standard InChI is InChI=1S/C15H20F2N2O2/c1-10-6-7-18-8-12(10)9-19-14(20)11-2-4-13(5-3-11)21-15(16)17/h2-5,10,12,15,18H,6-9H2,1H3,(H,19,20). The quantitative estimate of drug-likeness (QED) is 0.876. The first-order valence-corrected chi connectivity index (χ1v) is 7.10. The van der Waals surface area contributed by atoms with Crippen molar-refractivity contribution in [1.29, 1.82) is 0 Å². The Balaban J connectivity index is 1.85. The molecule has 1 heterocycles. The van der Waals surface area contributed by atoms with Gasteiger partial charge in [-0.05, 0) is 55.6 Å². The summed E-state index contributed by atoms with van der Waals surface area (Å²) >= 11 is 0. The van der Waals surface area contributed by atoms with Crippen LogP contribution in [0.4, 0.5) is 8.78 Å². The molecule has 1 aliphatic rings. The number of amides is 1. The van der Waals surface area contributed by atoms with Crippen LogP contribution in [0.3, 0.4) is 0 Å². The van der Waals surface area contributed by atoms with E-state index in [0.29, 0.717) is 23.9 Å². The van der Waals surface area contributed by atoms with Crippen molar-refractivity contribution in [2.24, 2.45) is 11.8 Å². The topological polar surface area (TPSA) is 50.4 Å². The van der Waals surface area contributed by atoms with E-state index < -0.39 is 6.61 Å². The third kappa shape index (κ3) is 4.67. The summed E-state index contributed by atoms with van der Waals surface area (Å²) in [6, 6.07) is 5.70. The van der Waals surface area contributed by atoms with Gasteiger partial charge in [-0.3, -0.25) is 4.79 Å². The minimum atomic E-state index is -2.86. The second-order valence-electron chi connectivity index (χ2n) is 5.34.